The van der Waals surface area contributed by atoms with Gasteiger partial charge < -0.3 is 4.57 Å². The summed E-state index contributed by atoms with van der Waals surface area (Å²) in [5.41, 5.74) is 4.32. The number of aromatic nitrogens is 1. The van der Waals surface area contributed by atoms with Crippen LogP contribution in [0.15, 0.2) is 54.6 Å². The molecule has 27 heavy (non-hydrogen) atoms. The van der Waals surface area contributed by atoms with Gasteiger partial charge in [-0.15, -0.1) is 11.3 Å². The van der Waals surface area contributed by atoms with Crippen molar-refractivity contribution in [2.75, 3.05) is 0 Å². The molecule has 1 aliphatic rings. The van der Waals surface area contributed by atoms with Crippen LogP contribution in [-0.2, 0) is 7.05 Å². The van der Waals surface area contributed by atoms with Gasteiger partial charge in [-0.3, -0.25) is 0 Å². The van der Waals surface area contributed by atoms with Crippen LogP contribution in [0.5, 0.6) is 0 Å². The Kier molecular flexibility index (Phi) is 3.40. The van der Waals surface area contributed by atoms with Gasteiger partial charge in [0.2, 0.25) is 0 Å². The number of nitrogens with zero attached hydrogens (tertiary/aromatic N) is 1. The van der Waals surface area contributed by atoms with Crippen molar-refractivity contribution in [3.63, 3.8) is 0 Å². The summed E-state index contributed by atoms with van der Waals surface area (Å²) >= 11 is 1.91. The van der Waals surface area contributed by atoms with Gasteiger partial charge in [0.25, 0.3) is 0 Å². The second kappa shape index (κ2) is 5.84. The second-order valence-corrected chi connectivity index (χ2v) is 9.19. The van der Waals surface area contributed by atoms with Crippen molar-refractivity contribution < 1.29 is 0 Å². The fourth-order valence-electron chi connectivity index (χ4n) is 5.23. The van der Waals surface area contributed by atoms with Crippen LogP contribution in [-0.4, -0.2) is 4.57 Å². The van der Waals surface area contributed by atoms with Gasteiger partial charge in [-0.2, -0.15) is 0 Å². The Hall–Kier alpha value is -2.32. The molecule has 3 aromatic carbocycles. The molecule has 1 saturated carbocycles. The zero-order valence-corrected chi connectivity index (χ0v) is 16.5. The summed E-state index contributed by atoms with van der Waals surface area (Å²) in [6.07, 6.45) is 6.90. The minimum Gasteiger partial charge on any atom is -0.343 e. The second-order valence-electron chi connectivity index (χ2n) is 8.10. The predicted molar refractivity (Wildman–Crippen MR) is 119 cm³/mol. The lowest BCUT2D eigenvalue weighted by molar-refractivity contribution is 0.444. The molecule has 0 atom stereocenters. The monoisotopic (exact) mass is 369 g/mol. The maximum absolute atomic E-state index is 2.48. The van der Waals surface area contributed by atoms with Gasteiger partial charge in [0, 0.05) is 43.5 Å². The Morgan fingerprint density at radius 3 is 2.52 bits per heavy atom. The molecule has 0 bridgehead atoms. The van der Waals surface area contributed by atoms with E-state index in [1.165, 1.54) is 74.1 Å². The number of hydrogen-bond acceptors (Lipinski definition) is 1. The van der Waals surface area contributed by atoms with E-state index in [-0.39, 0.29) is 0 Å². The van der Waals surface area contributed by atoms with Gasteiger partial charge in [0.1, 0.15) is 0 Å². The van der Waals surface area contributed by atoms with Crippen molar-refractivity contribution in [1.82, 2.24) is 4.57 Å². The Labute approximate surface area is 163 Å². The molecule has 0 spiro atoms. The number of rotatable bonds is 1. The summed E-state index contributed by atoms with van der Waals surface area (Å²) in [6.45, 7) is 0. The van der Waals surface area contributed by atoms with E-state index in [4.69, 9.17) is 0 Å². The summed E-state index contributed by atoms with van der Waals surface area (Å²) in [6, 6.07) is 20.7. The van der Waals surface area contributed by atoms with Crippen LogP contribution in [0.2, 0.25) is 0 Å². The lowest BCUT2D eigenvalue weighted by Crippen LogP contribution is -2.04. The number of benzene rings is 3. The number of thiophene rings is 1. The standard InChI is InChI=1S/C25H23NS/c1-26-21-15-17(16-7-3-2-4-8-16)11-12-18(21)19-13-14-23-24(25(19)26)20-9-5-6-10-22(20)27-23/h5-6,9-16H,2-4,7-8H2,1H3. The molecule has 2 aromatic heterocycles. The lowest BCUT2D eigenvalue weighted by Gasteiger charge is -2.22. The maximum atomic E-state index is 2.48. The van der Waals surface area contributed by atoms with Crippen molar-refractivity contribution in [2.24, 2.45) is 7.05 Å². The molecule has 0 radical (unpaired) electrons. The summed E-state index contributed by atoms with van der Waals surface area (Å²) in [7, 11) is 2.25. The Bertz CT molecular complexity index is 1310. The molecule has 5 aromatic rings. The highest BCUT2D eigenvalue weighted by Gasteiger charge is 2.19. The Morgan fingerprint density at radius 1 is 0.815 bits per heavy atom. The SMILES string of the molecule is Cn1c2cc(C3CCCCC3)ccc2c2ccc3sc4ccccc4c3c21. The highest BCUT2D eigenvalue weighted by molar-refractivity contribution is 7.26. The van der Waals surface area contributed by atoms with Crippen LogP contribution in [0.25, 0.3) is 42.0 Å². The van der Waals surface area contributed by atoms with Crippen LogP contribution in [0.4, 0.5) is 0 Å². The maximum Gasteiger partial charge on any atom is 0.0583 e. The van der Waals surface area contributed by atoms with E-state index in [1.54, 1.807) is 5.56 Å². The molecular formula is C25H23NS. The predicted octanol–water partition coefficient (Wildman–Crippen LogP) is 7.75. The van der Waals surface area contributed by atoms with E-state index in [9.17, 15) is 0 Å². The third-order valence-electron chi connectivity index (χ3n) is 6.60. The molecule has 1 nitrogen and oxygen atoms in total. The molecule has 1 aliphatic carbocycles. The highest BCUT2D eigenvalue weighted by Crippen LogP contribution is 2.42. The first kappa shape index (κ1) is 15.7. The van der Waals surface area contributed by atoms with E-state index >= 15 is 0 Å². The average Bonchev–Trinajstić information content (AvgIpc) is 3.24. The van der Waals surface area contributed by atoms with Gasteiger partial charge >= 0.3 is 0 Å². The zero-order chi connectivity index (χ0) is 18.0. The summed E-state index contributed by atoms with van der Waals surface area (Å²) in [4.78, 5) is 0. The average molecular weight is 370 g/mol. The van der Waals surface area contributed by atoms with E-state index in [0.717, 1.165) is 5.92 Å². The molecule has 0 saturated heterocycles. The van der Waals surface area contributed by atoms with Crippen LogP contribution in [0.3, 0.4) is 0 Å². The molecule has 2 heterocycles. The highest BCUT2D eigenvalue weighted by atomic mass is 32.1. The van der Waals surface area contributed by atoms with Crippen LogP contribution >= 0.6 is 11.3 Å². The third-order valence-corrected chi connectivity index (χ3v) is 7.74. The first-order valence-electron chi connectivity index (χ1n) is 10.1. The van der Waals surface area contributed by atoms with Crippen molar-refractivity contribution in [1.29, 1.82) is 0 Å². The normalized spacial score (nSPS) is 16.2. The molecule has 2 heteroatoms. The molecule has 6 rings (SSSR count). The van der Waals surface area contributed by atoms with Gasteiger partial charge in [0.15, 0.2) is 0 Å². The van der Waals surface area contributed by atoms with E-state index in [1.807, 2.05) is 11.3 Å². The fourth-order valence-corrected chi connectivity index (χ4v) is 6.34. The lowest BCUT2D eigenvalue weighted by atomic mass is 9.84. The van der Waals surface area contributed by atoms with Crippen molar-refractivity contribution in [3.8, 4) is 0 Å². The van der Waals surface area contributed by atoms with Crippen molar-refractivity contribution in [3.05, 3.63) is 60.2 Å². The molecule has 0 N–H and O–H groups in total. The summed E-state index contributed by atoms with van der Waals surface area (Å²) in [5, 5.41) is 5.59. The van der Waals surface area contributed by atoms with Crippen LogP contribution < -0.4 is 0 Å². The molecule has 0 unspecified atom stereocenters. The zero-order valence-electron chi connectivity index (χ0n) is 15.7. The molecule has 1 fully saturated rings. The van der Waals surface area contributed by atoms with E-state index in [2.05, 4.69) is 66.2 Å². The van der Waals surface area contributed by atoms with Gasteiger partial charge in [-0.05, 0) is 42.5 Å². The first-order chi connectivity index (χ1) is 13.3. The molecule has 0 amide bonds. The van der Waals surface area contributed by atoms with Crippen molar-refractivity contribution >= 4 is 53.3 Å². The van der Waals surface area contributed by atoms with Crippen LogP contribution in [0, 0.1) is 0 Å². The van der Waals surface area contributed by atoms with Crippen LogP contribution in [0.1, 0.15) is 43.6 Å². The minimum absolute atomic E-state index is 0.753. The molecular weight excluding hydrogens is 346 g/mol. The van der Waals surface area contributed by atoms with Crippen molar-refractivity contribution in [2.45, 2.75) is 38.0 Å². The number of hydrogen-bond donors (Lipinski definition) is 0. The summed E-state index contributed by atoms with van der Waals surface area (Å²) in [5.74, 6) is 0.753. The van der Waals surface area contributed by atoms with E-state index in [0.29, 0.717) is 0 Å². The fraction of sp³-hybridized carbons (Fsp3) is 0.280. The smallest absolute Gasteiger partial charge is 0.0583 e. The number of aryl methyl sites for hydroxylation is 1. The quantitative estimate of drug-likeness (QED) is 0.285. The Balaban J connectivity index is 1.68. The molecule has 0 aliphatic heterocycles. The summed E-state index contributed by atoms with van der Waals surface area (Å²) < 4.78 is 5.22. The topological polar surface area (TPSA) is 4.93 Å². The van der Waals surface area contributed by atoms with E-state index < -0.39 is 0 Å². The Morgan fingerprint density at radius 2 is 1.63 bits per heavy atom. The largest absolute Gasteiger partial charge is 0.343 e. The first-order valence-corrected chi connectivity index (χ1v) is 11.0. The number of fused-ring (bicyclic) bond motifs is 7. The molecule has 134 valence electrons. The third kappa shape index (κ3) is 2.23. The van der Waals surface area contributed by atoms with Gasteiger partial charge in [-0.25, -0.2) is 0 Å². The van der Waals surface area contributed by atoms with Gasteiger partial charge in [0.05, 0.1) is 5.52 Å². The van der Waals surface area contributed by atoms with Gasteiger partial charge in [-0.1, -0.05) is 55.7 Å². The minimum atomic E-state index is 0.753.